The molecule has 19 heavy (non-hydrogen) atoms. The van der Waals surface area contributed by atoms with Gasteiger partial charge in [-0.15, -0.1) is 0 Å². The number of β-amino-alcohol motifs (C(OH)–C–C–N with tert-alkyl or cyclic N) is 1. The van der Waals surface area contributed by atoms with Crippen LogP contribution in [0.5, 0.6) is 0 Å². The minimum Gasteiger partial charge on any atom is -0.395 e. The first-order valence-electron chi connectivity index (χ1n) is 7.55. The summed E-state index contributed by atoms with van der Waals surface area (Å²) >= 11 is 0. The molecule has 0 saturated carbocycles. The summed E-state index contributed by atoms with van der Waals surface area (Å²) < 4.78 is 0. The summed E-state index contributed by atoms with van der Waals surface area (Å²) in [5, 5.41) is 8.91. The maximum Gasteiger partial charge on any atom is 0.236 e. The van der Waals surface area contributed by atoms with E-state index in [0.29, 0.717) is 18.5 Å². The number of aliphatic hydroxyl groups excluding tert-OH is 1. The molecule has 2 heterocycles. The normalized spacial score (nSPS) is 26.6. The van der Waals surface area contributed by atoms with Gasteiger partial charge in [0.25, 0.3) is 0 Å². The number of carbonyl (C=O) groups excluding carboxylic acids is 1. The van der Waals surface area contributed by atoms with Crippen molar-refractivity contribution in [3.05, 3.63) is 0 Å². The van der Waals surface area contributed by atoms with E-state index in [1.165, 1.54) is 6.42 Å². The molecule has 1 atom stereocenters. The number of amides is 1. The van der Waals surface area contributed by atoms with Gasteiger partial charge in [0.05, 0.1) is 13.2 Å². The van der Waals surface area contributed by atoms with Gasteiger partial charge < -0.3 is 10.0 Å². The topological polar surface area (TPSA) is 47.0 Å². The van der Waals surface area contributed by atoms with Crippen molar-refractivity contribution in [3.8, 4) is 0 Å². The number of piperazine rings is 1. The fourth-order valence-corrected chi connectivity index (χ4v) is 3.06. The van der Waals surface area contributed by atoms with Gasteiger partial charge in [0, 0.05) is 45.3 Å². The first-order valence-corrected chi connectivity index (χ1v) is 7.55. The number of aliphatic hydroxyl groups is 1. The number of hydrogen-bond acceptors (Lipinski definition) is 4. The van der Waals surface area contributed by atoms with Crippen LogP contribution in [0.4, 0.5) is 0 Å². The maximum atomic E-state index is 12.3. The van der Waals surface area contributed by atoms with E-state index in [1.54, 1.807) is 0 Å². The molecule has 0 aliphatic carbocycles. The smallest absolute Gasteiger partial charge is 0.236 e. The Hall–Kier alpha value is -0.650. The van der Waals surface area contributed by atoms with Gasteiger partial charge in [-0.1, -0.05) is 0 Å². The van der Waals surface area contributed by atoms with Crippen molar-refractivity contribution in [1.82, 2.24) is 14.7 Å². The second kappa shape index (κ2) is 7.22. The minimum absolute atomic E-state index is 0.226. The lowest BCUT2D eigenvalue weighted by Crippen LogP contribution is -2.52. The van der Waals surface area contributed by atoms with Crippen molar-refractivity contribution < 1.29 is 9.90 Å². The molecule has 110 valence electrons. The molecule has 0 aromatic carbocycles. The molecular formula is C14H27N3O2. The van der Waals surface area contributed by atoms with Gasteiger partial charge in [0.1, 0.15) is 0 Å². The summed E-state index contributed by atoms with van der Waals surface area (Å²) in [7, 11) is 0. The Balaban J connectivity index is 1.74. The summed E-state index contributed by atoms with van der Waals surface area (Å²) in [6, 6.07) is 0.414. The van der Waals surface area contributed by atoms with Crippen LogP contribution in [-0.2, 0) is 4.79 Å². The number of hydrogen-bond donors (Lipinski definition) is 1. The molecule has 0 aromatic rings. The Morgan fingerprint density at radius 1 is 1.11 bits per heavy atom. The van der Waals surface area contributed by atoms with Gasteiger partial charge in [-0.05, 0) is 26.2 Å². The van der Waals surface area contributed by atoms with Gasteiger partial charge >= 0.3 is 0 Å². The second-order valence-corrected chi connectivity index (χ2v) is 5.77. The minimum atomic E-state index is 0.226. The van der Waals surface area contributed by atoms with Crippen LogP contribution in [0.25, 0.3) is 0 Å². The highest BCUT2D eigenvalue weighted by molar-refractivity contribution is 5.78. The first kappa shape index (κ1) is 14.8. The third-order valence-corrected chi connectivity index (χ3v) is 4.36. The molecule has 2 rings (SSSR count). The Morgan fingerprint density at radius 3 is 2.42 bits per heavy atom. The highest BCUT2D eigenvalue weighted by Crippen LogP contribution is 2.16. The van der Waals surface area contributed by atoms with Gasteiger partial charge in [-0.25, -0.2) is 0 Å². The Kier molecular flexibility index (Phi) is 5.60. The quantitative estimate of drug-likeness (QED) is 0.780. The molecule has 1 unspecified atom stereocenters. The van der Waals surface area contributed by atoms with Crippen molar-refractivity contribution in [2.24, 2.45) is 0 Å². The van der Waals surface area contributed by atoms with Gasteiger partial charge in [0.15, 0.2) is 0 Å². The molecular weight excluding hydrogens is 242 g/mol. The van der Waals surface area contributed by atoms with E-state index in [-0.39, 0.29) is 6.61 Å². The molecule has 5 nitrogen and oxygen atoms in total. The second-order valence-electron chi connectivity index (χ2n) is 5.77. The van der Waals surface area contributed by atoms with Gasteiger partial charge in [-0.3, -0.25) is 14.6 Å². The van der Waals surface area contributed by atoms with Crippen molar-refractivity contribution in [2.75, 3.05) is 52.4 Å². The van der Waals surface area contributed by atoms with E-state index >= 15 is 0 Å². The maximum absolute atomic E-state index is 12.3. The molecule has 2 aliphatic rings. The largest absolute Gasteiger partial charge is 0.395 e. The average Bonchev–Trinajstić information content (AvgIpc) is 2.42. The van der Waals surface area contributed by atoms with Gasteiger partial charge in [0.2, 0.25) is 5.91 Å². The summed E-state index contributed by atoms with van der Waals surface area (Å²) in [4.78, 5) is 18.9. The van der Waals surface area contributed by atoms with Crippen molar-refractivity contribution in [3.63, 3.8) is 0 Å². The van der Waals surface area contributed by atoms with E-state index < -0.39 is 0 Å². The van der Waals surface area contributed by atoms with Crippen LogP contribution in [-0.4, -0.2) is 84.2 Å². The Labute approximate surface area is 116 Å². The number of carbonyl (C=O) groups is 1. The first-order chi connectivity index (χ1) is 9.20. The van der Waals surface area contributed by atoms with E-state index in [0.717, 1.165) is 52.1 Å². The van der Waals surface area contributed by atoms with Crippen molar-refractivity contribution in [1.29, 1.82) is 0 Å². The van der Waals surface area contributed by atoms with E-state index in [4.69, 9.17) is 5.11 Å². The number of likely N-dealkylation sites (tertiary alicyclic amines) is 1. The number of nitrogens with zero attached hydrogens (tertiary/aromatic N) is 3. The highest BCUT2D eigenvalue weighted by Gasteiger charge is 2.25. The lowest BCUT2D eigenvalue weighted by molar-refractivity contribution is -0.136. The molecule has 5 heteroatoms. The summed E-state index contributed by atoms with van der Waals surface area (Å²) in [6.07, 6.45) is 3.56. The average molecular weight is 269 g/mol. The molecule has 2 fully saturated rings. The molecule has 1 amide bonds. The number of piperidine rings is 1. The predicted octanol–water partition coefficient (Wildman–Crippen LogP) is -0.00270. The third-order valence-electron chi connectivity index (χ3n) is 4.36. The fourth-order valence-electron chi connectivity index (χ4n) is 3.06. The van der Waals surface area contributed by atoms with E-state index in [1.807, 2.05) is 0 Å². The zero-order valence-corrected chi connectivity index (χ0v) is 12.1. The molecule has 1 N–H and O–H groups in total. The number of rotatable bonds is 4. The molecule has 0 radical (unpaired) electrons. The lowest BCUT2D eigenvalue weighted by Gasteiger charge is -2.37. The highest BCUT2D eigenvalue weighted by atomic mass is 16.3. The SMILES string of the molecule is CC1CCCCN1C(=O)CN1CCN(CCO)CC1. The standard InChI is InChI=1S/C14H27N3O2/c1-13-4-2-3-5-17(13)14(19)12-16-8-6-15(7-9-16)10-11-18/h13,18H,2-12H2,1H3. The van der Waals surface area contributed by atoms with Crippen molar-refractivity contribution in [2.45, 2.75) is 32.2 Å². The van der Waals surface area contributed by atoms with Crippen LogP contribution < -0.4 is 0 Å². The summed E-state index contributed by atoms with van der Waals surface area (Å²) in [6.45, 7) is 8.45. The van der Waals surface area contributed by atoms with E-state index in [9.17, 15) is 4.79 Å². The van der Waals surface area contributed by atoms with Crippen LogP contribution in [0, 0.1) is 0 Å². The summed E-state index contributed by atoms with van der Waals surface area (Å²) in [5.74, 6) is 0.294. The van der Waals surface area contributed by atoms with Crippen molar-refractivity contribution >= 4 is 5.91 Å². The monoisotopic (exact) mass is 269 g/mol. The zero-order valence-electron chi connectivity index (χ0n) is 12.1. The molecule has 0 bridgehead atoms. The van der Waals surface area contributed by atoms with Crippen LogP contribution in [0.3, 0.4) is 0 Å². The van der Waals surface area contributed by atoms with Crippen LogP contribution in [0.2, 0.25) is 0 Å². The van der Waals surface area contributed by atoms with Crippen LogP contribution in [0.1, 0.15) is 26.2 Å². The Morgan fingerprint density at radius 2 is 1.79 bits per heavy atom. The molecule has 2 aliphatic heterocycles. The summed E-state index contributed by atoms with van der Waals surface area (Å²) in [5.41, 5.74) is 0. The molecule has 0 aromatic heterocycles. The van der Waals surface area contributed by atoms with Crippen LogP contribution in [0.15, 0.2) is 0 Å². The zero-order chi connectivity index (χ0) is 13.7. The molecule has 0 spiro atoms. The van der Waals surface area contributed by atoms with Crippen LogP contribution >= 0.6 is 0 Å². The van der Waals surface area contributed by atoms with Gasteiger partial charge in [-0.2, -0.15) is 0 Å². The predicted molar refractivity (Wildman–Crippen MR) is 75.0 cm³/mol. The fraction of sp³-hybridized carbons (Fsp3) is 0.929. The third kappa shape index (κ3) is 4.16. The lowest BCUT2D eigenvalue weighted by atomic mass is 10.0. The Bertz CT molecular complexity index is 290. The molecule has 2 saturated heterocycles. The van der Waals surface area contributed by atoms with E-state index in [2.05, 4.69) is 21.6 Å².